The summed E-state index contributed by atoms with van der Waals surface area (Å²) >= 11 is 0. The first kappa shape index (κ1) is 10.5. The second-order valence-corrected chi connectivity index (χ2v) is 2.97. The van der Waals surface area contributed by atoms with Crippen molar-refractivity contribution in [3.05, 3.63) is 52.5 Å². The molecule has 1 heterocycles. The molecule has 1 N–H and O–H groups in total. The van der Waals surface area contributed by atoms with Gasteiger partial charge in [-0.25, -0.2) is 0 Å². The third-order valence-corrected chi connectivity index (χ3v) is 1.97. The summed E-state index contributed by atoms with van der Waals surface area (Å²) in [5.74, 6) is 0. The van der Waals surface area contributed by atoms with Crippen LogP contribution in [0, 0.1) is 0 Å². The normalized spacial score (nSPS) is 12.3. The van der Waals surface area contributed by atoms with Crippen LogP contribution in [0.4, 0.5) is 0 Å². The highest BCUT2D eigenvalue weighted by atomic mass is 16.1. The summed E-state index contributed by atoms with van der Waals surface area (Å²) in [5, 5.41) is 0. The molecule has 2 nitrogen and oxygen atoms in total. The van der Waals surface area contributed by atoms with Crippen LogP contribution in [-0.2, 0) is 0 Å². The van der Waals surface area contributed by atoms with Crippen LogP contribution < -0.4 is 5.56 Å². The first-order chi connectivity index (χ1) is 6.79. The van der Waals surface area contributed by atoms with Crippen LogP contribution in [0.2, 0.25) is 0 Å². The topological polar surface area (TPSA) is 32.9 Å². The van der Waals surface area contributed by atoms with Crippen LogP contribution in [0.5, 0.6) is 0 Å². The van der Waals surface area contributed by atoms with Gasteiger partial charge in [0.25, 0.3) is 5.56 Å². The monoisotopic (exact) mass is 189 g/mol. The van der Waals surface area contributed by atoms with E-state index in [1.54, 1.807) is 6.20 Å². The van der Waals surface area contributed by atoms with Gasteiger partial charge in [0.2, 0.25) is 0 Å². The maximum Gasteiger partial charge on any atom is 0.255 e. The van der Waals surface area contributed by atoms with E-state index in [-0.39, 0.29) is 5.56 Å². The average molecular weight is 189 g/mol. The molecule has 0 aliphatic rings. The van der Waals surface area contributed by atoms with Crippen molar-refractivity contribution < 1.29 is 0 Å². The van der Waals surface area contributed by atoms with Crippen LogP contribution in [-0.4, -0.2) is 4.98 Å². The molecule has 1 aromatic rings. The quantitative estimate of drug-likeness (QED) is 0.728. The first-order valence-corrected chi connectivity index (χ1v) is 4.80. The second-order valence-electron chi connectivity index (χ2n) is 2.97. The lowest BCUT2D eigenvalue weighted by Crippen LogP contribution is -2.09. The Bertz CT molecular complexity index is 399. The van der Waals surface area contributed by atoms with Crippen LogP contribution in [0.3, 0.4) is 0 Å². The van der Waals surface area contributed by atoms with Crippen molar-refractivity contribution in [1.29, 1.82) is 0 Å². The van der Waals surface area contributed by atoms with Crippen molar-refractivity contribution in [1.82, 2.24) is 4.98 Å². The van der Waals surface area contributed by atoms with E-state index in [9.17, 15) is 4.79 Å². The van der Waals surface area contributed by atoms with E-state index < -0.39 is 0 Å². The van der Waals surface area contributed by atoms with Gasteiger partial charge in [0.05, 0.1) is 0 Å². The number of H-pyrrole nitrogens is 1. The van der Waals surface area contributed by atoms with Gasteiger partial charge in [-0.2, -0.15) is 0 Å². The van der Waals surface area contributed by atoms with E-state index in [0.29, 0.717) is 0 Å². The summed E-state index contributed by atoms with van der Waals surface area (Å²) in [6, 6.07) is 3.66. The molecule has 0 unspecified atom stereocenters. The Morgan fingerprint density at radius 1 is 1.57 bits per heavy atom. The third-order valence-electron chi connectivity index (χ3n) is 1.97. The van der Waals surface area contributed by atoms with Gasteiger partial charge in [0.15, 0.2) is 0 Å². The zero-order valence-corrected chi connectivity index (χ0v) is 8.58. The molecule has 0 saturated carbocycles. The molecule has 0 bridgehead atoms. The smallest absolute Gasteiger partial charge is 0.255 e. The molecular formula is C12H15NO. The van der Waals surface area contributed by atoms with Crippen LogP contribution >= 0.6 is 0 Å². The number of aromatic nitrogens is 1. The Labute approximate surface area is 84.0 Å². The van der Waals surface area contributed by atoms with Gasteiger partial charge in [0, 0.05) is 11.8 Å². The third kappa shape index (κ3) is 2.46. The van der Waals surface area contributed by atoms with E-state index in [1.165, 1.54) is 0 Å². The Balaban J connectivity index is 3.09. The highest BCUT2D eigenvalue weighted by molar-refractivity contribution is 5.72. The Morgan fingerprint density at radius 3 is 2.93 bits per heavy atom. The van der Waals surface area contributed by atoms with Crippen molar-refractivity contribution in [2.45, 2.75) is 20.3 Å². The lowest BCUT2D eigenvalue weighted by molar-refractivity contribution is 1.21. The first-order valence-electron chi connectivity index (χ1n) is 4.80. The maximum atomic E-state index is 11.5. The molecule has 0 saturated heterocycles. The highest BCUT2D eigenvalue weighted by Crippen LogP contribution is 2.10. The molecule has 1 rings (SSSR count). The molecule has 74 valence electrons. The number of hydrogen-bond donors (Lipinski definition) is 1. The number of allylic oxidation sites excluding steroid dienone is 4. The number of pyridine rings is 1. The Kier molecular flexibility index (Phi) is 3.92. The predicted octanol–water partition coefficient (Wildman–Crippen LogP) is 2.74. The standard InChI is InChI=1S/C12H15NO/c1-3-5-7-10(4-2)11-8-6-9-13-12(11)14/h4-9H,3H2,1-2H3,(H,13,14)/b7-5-,10-4+. The Morgan fingerprint density at radius 2 is 2.36 bits per heavy atom. The maximum absolute atomic E-state index is 11.5. The average Bonchev–Trinajstić information content (AvgIpc) is 2.21. The van der Waals surface area contributed by atoms with Crippen molar-refractivity contribution in [2.75, 3.05) is 0 Å². The number of rotatable bonds is 3. The minimum Gasteiger partial charge on any atom is -0.329 e. The fourth-order valence-electron chi connectivity index (χ4n) is 1.24. The molecule has 0 radical (unpaired) electrons. The molecule has 1 aromatic heterocycles. The van der Waals surface area contributed by atoms with Crippen molar-refractivity contribution in [3.8, 4) is 0 Å². The van der Waals surface area contributed by atoms with Crippen molar-refractivity contribution >= 4 is 5.57 Å². The zero-order valence-electron chi connectivity index (χ0n) is 8.58. The van der Waals surface area contributed by atoms with Gasteiger partial charge in [-0.05, 0) is 31.1 Å². The predicted molar refractivity (Wildman–Crippen MR) is 60.1 cm³/mol. The summed E-state index contributed by atoms with van der Waals surface area (Å²) in [6.07, 6.45) is 8.58. The minimum absolute atomic E-state index is 0.0404. The van der Waals surface area contributed by atoms with Gasteiger partial charge in [-0.1, -0.05) is 25.2 Å². The van der Waals surface area contributed by atoms with Crippen molar-refractivity contribution in [3.63, 3.8) is 0 Å². The lowest BCUT2D eigenvalue weighted by Gasteiger charge is -1.99. The fourth-order valence-corrected chi connectivity index (χ4v) is 1.24. The molecule has 2 heteroatoms. The van der Waals surface area contributed by atoms with E-state index in [1.807, 2.05) is 37.3 Å². The molecule has 0 aromatic carbocycles. The number of aromatic amines is 1. The van der Waals surface area contributed by atoms with Gasteiger partial charge < -0.3 is 4.98 Å². The van der Waals surface area contributed by atoms with E-state index in [2.05, 4.69) is 11.9 Å². The second kappa shape index (κ2) is 5.22. The minimum atomic E-state index is -0.0404. The number of nitrogens with one attached hydrogen (secondary N) is 1. The molecule has 0 spiro atoms. The van der Waals surface area contributed by atoms with Crippen molar-refractivity contribution in [2.24, 2.45) is 0 Å². The molecule has 0 fully saturated rings. The van der Waals surface area contributed by atoms with Crippen LogP contribution in [0.15, 0.2) is 41.4 Å². The Hall–Kier alpha value is -1.57. The lowest BCUT2D eigenvalue weighted by atomic mass is 10.1. The summed E-state index contributed by atoms with van der Waals surface area (Å²) in [6.45, 7) is 4.00. The summed E-state index contributed by atoms with van der Waals surface area (Å²) in [4.78, 5) is 14.1. The van der Waals surface area contributed by atoms with E-state index >= 15 is 0 Å². The van der Waals surface area contributed by atoms with Crippen LogP contribution in [0.25, 0.3) is 5.57 Å². The van der Waals surface area contributed by atoms with Crippen LogP contribution in [0.1, 0.15) is 25.8 Å². The molecule has 14 heavy (non-hydrogen) atoms. The zero-order chi connectivity index (χ0) is 10.4. The van der Waals surface area contributed by atoms with Gasteiger partial charge in [0.1, 0.15) is 0 Å². The molecule has 0 aliphatic carbocycles. The largest absolute Gasteiger partial charge is 0.329 e. The van der Waals surface area contributed by atoms with E-state index in [0.717, 1.165) is 17.6 Å². The molecule has 0 aliphatic heterocycles. The van der Waals surface area contributed by atoms with Gasteiger partial charge >= 0.3 is 0 Å². The van der Waals surface area contributed by atoms with Gasteiger partial charge in [-0.15, -0.1) is 0 Å². The SMILES string of the molecule is C/C=C(\C=C/CC)c1ccc[nH]c1=O. The molecule has 0 amide bonds. The summed E-state index contributed by atoms with van der Waals surface area (Å²) < 4.78 is 0. The molecule has 0 atom stereocenters. The van der Waals surface area contributed by atoms with E-state index in [4.69, 9.17) is 0 Å². The van der Waals surface area contributed by atoms with Gasteiger partial charge in [-0.3, -0.25) is 4.79 Å². The fraction of sp³-hybridized carbons (Fsp3) is 0.250. The molecular weight excluding hydrogens is 174 g/mol. The summed E-state index contributed by atoms with van der Waals surface area (Å²) in [5.41, 5.74) is 1.65. The summed E-state index contributed by atoms with van der Waals surface area (Å²) in [7, 11) is 0. The number of hydrogen-bond acceptors (Lipinski definition) is 1. The highest BCUT2D eigenvalue weighted by Gasteiger charge is 2.00.